The second kappa shape index (κ2) is 5.11. The quantitative estimate of drug-likeness (QED) is 0.636. The van der Waals surface area contributed by atoms with E-state index in [1.807, 2.05) is 38.1 Å². The number of nitrogens with zero attached hydrogens (tertiary/aromatic N) is 1. The van der Waals surface area contributed by atoms with Gasteiger partial charge in [0, 0.05) is 5.39 Å². The van der Waals surface area contributed by atoms with Crippen LogP contribution in [0.1, 0.15) is 19.4 Å². The molecule has 0 fully saturated rings. The average Bonchev–Trinajstić information content (AvgIpc) is 2.20. The third-order valence-electron chi connectivity index (χ3n) is 1.89. The summed E-state index contributed by atoms with van der Waals surface area (Å²) in [5, 5.41) is 1.22. The van der Waals surface area contributed by atoms with E-state index in [0.29, 0.717) is 0 Å². The van der Waals surface area contributed by atoms with Gasteiger partial charge in [-0.2, -0.15) is 0 Å². The third-order valence-corrected chi connectivity index (χ3v) is 2.30. The van der Waals surface area contributed by atoms with Crippen LogP contribution in [0.4, 0.5) is 0 Å². The van der Waals surface area contributed by atoms with Crippen LogP contribution in [-0.2, 0) is 0 Å². The van der Waals surface area contributed by atoms with E-state index in [2.05, 4.69) is 33.9 Å². The molecular formula is C12H14BrN. The Labute approximate surface area is 93.3 Å². The highest BCUT2D eigenvalue weighted by Crippen LogP contribution is 2.19. The van der Waals surface area contributed by atoms with Crippen LogP contribution in [-0.4, -0.2) is 4.98 Å². The van der Waals surface area contributed by atoms with Crippen molar-refractivity contribution < 1.29 is 0 Å². The predicted octanol–water partition coefficient (Wildman–Crippen LogP) is 4.33. The first-order valence-corrected chi connectivity index (χ1v) is 5.58. The summed E-state index contributed by atoms with van der Waals surface area (Å²) in [4.78, 5) is 4.35. The highest BCUT2D eigenvalue weighted by Gasteiger charge is 1.98. The van der Waals surface area contributed by atoms with Crippen molar-refractivity contribution in [3.63, 3.8) is 0 Å². The Bertz CT molecular complexity index is 424. The van der Waals surface area contributed by atoms with Gasteiger partial charge in [-0.25, -0.2) is 4.98 Å². The highest BCUT2D eigenvalue weighted by molar-refractivity contribution is 9.10. The molecule has 0 atom stereocenters. The Morgan fingerprint density at radius 1 is 1.14 bits per heavy atom. The lowest BCUT2D eigenvalue weighted by atomic mass is 10.1. The van der Waals surface area contributed by atoms with Crippen LogP contribution < -0.4 is 0 Å². The van der Waals surface area contributed by atoms with Crippen LogP contribution in [0.2, 0.25) is 0 Å². The van der Waals surface area contributed by atoms with Gasteiger partial charge in [0.05, 0.1) is 5.52 Å². The number of aryl methyl sites for hydroxylation is 1. The molecule has 0 spiro atoms. The number of rotatable bonds is 0. The topological polar surface area (TPSA) is 12.9 Å². The first-order valence-electron chi connectivity index (χ1n) is 4.79. The van der Waals surface area contributed by atoms with Crippen LogP contribution in [0.15, 0.2) is 34.9 Å². The minimum absolute atomic E-state index is 0.902. The van der Waals surface area contributed by atoms with E-state index in [0.717, 1.165) is 10.1 Å². The van der Waals surface area contributed by atoms with Crippen LogP contribution in [0.25, 0.3) is 10.9 Å². The van der Waals surface area contributed by atoms with Gasteiger partial charge < -0.3 is 0 Å². The van der Waals surface area contributed by atoms with Crippen LogP contribution in [0, 0.1) is 6.92 Å². The fourth-order valence-electron chi connectivity index (χ4n) is 1.31. The second-order valence-corrected chi connectivity index (χ2v) is 3.59. The minimum Gasteiger partial charge on any atom is -0.241 e. The molecule has 0 radical (unpaired) electrons. The molecule has 0 unspecified atom stereocenters. The molecule has 0 N–H and O–H groups in total. The maximum Gasteiger partial charge on any atom is 0.107 e. The largest absolute Gasteiger partial charge is 0.241 e. The molecule has 0 aliphatic rings. The van der Waals surface area contributed by atoms with E-state index >= 15 is 0 Å². The summed E-state index contributed by atoms with van der Waals surface area (Å²) in [5.41, 5.74) is 2.30. The molecule has 1 heterocycles. The molecule has 1 aromatic carbocycles. The monoisotopic (exact) mass is 251 g/mol. The fourth-order valence-corrected chi connectivity index (χ4v) is 1.84. The number of para-hydroxylation sites is 1. The Morgan fingerprint density at radius 2 is 1.79 bits per heavy atom. The zero-order chi connectivity index (χ0) is 10.6. The molecule has 2 aromatic rings. The zero-order valence-corrected chi connectivity index (χ0v) is 10.3. The van der Waals surface area contributed by atoms with Gasteiger partial charge in [-0.3, -0.25) is 0 Å². The molecule has 0 aliphatic carbocycles. The molecule has 0 saturated heterocycles. The molecular weight excluding hydrogens is 238 g/mol. The second-order valence-electron chi connectivity index (χ2n) is 2.78. The van der Waals surface area contributed by atoms with Crippen LogP contribution in [0.5, 0.6) is 0 Å². The van der Waals surface area contributed by atoms with Crippen LogP contribution >= 0.6 is 15.9 Å². The first-order chi connectivity index (χ1) is 6.77. The van der Waals surface area contributed by atoms with E-state index in [4.69, 9.17) is 0 Å². The minimum atomic E-state index is 0.902. The Morgan fingerprint density at radius 3 is 2.50 bits per heavy atom. The fraction of sp³-hybridized carbons (Fsp3) is 0.250. The summed E-state index contributed by atoms with van der Waals surface area (Å²) in [7, 11) is 0. The molecule has 0 amide bonds. The number of benzene rings is 1. The normalized spacial score (nSPS) is 9.43. The number of halogens is 1. The summed E-state index contributed by atoms with van der Waals surface area (Å²) >= 11 is 3.37. The van der Waals surface area contributed by atoms with Gasteiger partial charge >= 0.3 is 0 Å². The van der Waals surface area contributed by atoms with Gasteiger partial charge in [0.15, 0.2) is 0 Å². The van der Waals surface area contributed by atoms with E-state index in [1.165, 1.54) is 10.9 Å². The van der Waals surface area contributed by atoms with E-state index < -0.39 is 0 Å². The van der Waals surface area contributed by atoms with Gasteiger partial charge in [0.25, 0.3) is 0 Å². The van der Waals surface area contributed by atoms with Crippen molar-refractivity contribution in [3.8, 4) is 0 Å². The highest BCUT2D eigenvalue weighted by atomic mass is 79.9. The van der Waals surface area contributed by atoms with Crippen molar-refractivity contribution in [3.05, 3.63) is 40.5 Å². The molecule has 0 aliphatic heterocycles. The predicted molar refractivity (Wildman–Crippen MR) is 65.5 cm³/mol. The number of aromatic nitrogens is 1. The zero-order valence-electron chi connectivity index (χ0n) is 8.71. The molecule has 14 heavy (non-hydrogen) atoms. The number of hydrogen-bond acceptors (Lipinski definition) is 1. The lowest BCUT2D eigenvalue weighted by molar-refractivity contribution is 1.32. The molecule has 2 rings (SSSR count). The number of hydrogen-bond donors (Lipinski definition) is 0. The van der Waals surface area contributed by atoms with E-state index in [-0.39, 0.29) is 0 Å². The smallest absolute Gasteiger partial charge is 0.107 e. The standard InChI is InChI=1S/C10H8BrN.C2H6/c1-7-6-10(11)12-9-5-3-2-4-8(7)9;1-2/h2-6H,1H3;1-2H3. The first kappa shape index (κ1) is 11.2. The maximum absolute atomic E-state index is 4.35. The average molecular weight is 252 g/mol. The van der Waals surface area contributed by atoms with Crippen LogP contribution in [0.3, 0.4) is 0 Å². The number of fused-ring (bicyclic) bond motifs is 1. The van der Waals surface area contributed by atoms with E-state index in [1.54, 1.807) is 0 Å². The van der Waals surface area contributed by atoms with E-state index in [9.17, 15) is 0 Å². The van der Waals surface area contributed by atoms with Crippen molar-refractivity contribution in [2.45, 2.75) is 20.8 Å². The molecule has 1 aromatic heterocycles. The van der Waals surface area contributed by atoms with Gasteiger partial charge in [-0.05, 0) is 40.5 Å². The molecule has 2 heteroatoms. The summed E-state index contributed by atoms with van der Waals surface area (Å²) in [6.07, 6.45) is 0. The molecule has 1 nitrogen and oxygen atoms in total. The Balaban J connectivity index is 0.000000461. The van der Waals surface area contributed by atoms with Crippen molar-refractivity contribution in [2.24, 2.45) is 0 Å². The SMILES string of the molecule is CC.Cc1cc(Br)nc2ccccc12. The molecule has 0 bridgehead atoms. The molecule has 0 saturated carbocycles. The van der Waals surface area contributed by atoms with Crippen molar-refractivity contribution in [2.75, 3.05) is 0 Å². The summed E-state index contributed by atoms with van der Waals surface area (Å²) < 4.78 is 0.902. The lowest BCUT2D eigenvalue weighted by Gasteiger charge is -2.00. The summed E-state index contributed by atoms with van der Waals surface area (Å²) in [5.74, 6) is 0. The van der Waals surface area contributed by atoms with Gasteiger partial charge in [0.2, 0.25) is 0 Å². The summed E-state index contributed by atoms with van der Waals surface area (Å²) in [6, 6.07) is 10.2. The van der Waals surface area contributed by atoms with Gasteiger partial charge in [-0.1, -0.05) is 32.0 Å². The number of pyridine rings is 1. The lowest BCUT2D eigenvalue weighted by Crippen LogP contribution is -1.83. The summed E-state index contributed by atoms with van der Waals surface area (Å²) in [6.45, 7) is 6.09. The Kier molecular flexibility index (Phi) is 4.08. The third kappa shape index (κ3) is 2.32. The van der Waals surface area contributed by atoms with Crippen molar-refractivity contribution in [1.82, 2.24) is 4.98 Å². The van der Waals surface area contributed by atoms with Crippen molar-refractivity contribution >= 4 is 26.8 Å². The van der Waals surface area contributed by atoms with Gasteiger partial charge in [-0.15, -0.1) is 0 Å². The molecule has 74 valence electrons. The van der Waals surface area contributed by atoms with Gasteiger partial charge in [0.1, 0.15) is 4.60 Å². The maximum atomic E-state index is 4.35. The Hall–Kier alpha value is -0.890. The van der Waals surface area contributed by atoms with Crippen molar-refractivity contribution in [1.29, 1.82) is 0 Å².